The largest absolute Gasteiger partial charge is 0.376 e. The summed E-state index contributed by atoms with van der Waals surface area (Å²) >= 11 is 0. The summed E-state index contributed by atoms with van der Waals surface area (Å²) in [6, 6.07) is 11.4. The first kappa shape index (κ1) is 266. The monoisotopic (exact) mass is 5060 g/mol. The first-order chi connectivity index (χ1) is 25.7. The van der Waals surface area contributed by atoms with Crippen LogP contribution in [0, 0.1) is 108 Å². The second kappa shape index (κ2) is 130. The zero-order valence-corrected chi connectivity index (χ0v) is 200. The van der Waals surface area contributed by atoms with Crippen LogP contribution in [-0.2, 0) is 1610 Å². The molecule has 0 saturated heterocycles. The van der Waals surface area contributed by atoms with Crippen LogP contribution < -0.4 is 11.0 Å². The zero-order valence-electron chi connectivity index (χ0n) is 61.4. The third-order valence-corrected chi connectivity index (χ3v) is 14.4. The molecule has 6 aliphatic rings. The van der Waals surface area contributed by atoms with Gasteiger partial charge in [0, 0.05) is 1610 Å². The molecule has 2 aromatic heterocycles. The van der Waals surface area contributed by atoms with Gasteiger partial charge >= 0.3 is 5.91 Å². The maximum atomic E-state index is 5.81. The van der Waals surface area contributed by atoms with Crippen LogP contribution in [0.1, 0.15) is 94.6 Å². The fourth-order valence-electron chi connectivity index (χ4n) is 10.5. The Morgan fingerprint density at radius 1 is 0.223 bits per heavy atom. The molecule has 1 atom stereocenters. The molecule has 6 aromatic rings. The number of rotatable bonds is 0. The van der Waals surface area contributed by atoms with E-state index in [2.05, 4.69) is 126 Å². The number of aromatic nitrogens is 2. The van der Waals surface area contributed by atoms with Crippen LogP contribution in [0.15, 0.2) is 20.0 Å². The van der Waals surface area contributed by atoms with Crippen molar-refractivity contribution >= 4 is 56.5 Å². The number of nitrogens with zero attached hydrogens (tertiary/aromatic N) is 8. The fraction of sp³-hybridized carbons (Fsp3) is 0.304. The molecule has 49 radical (unpaired) electrons. The molecule has 103 heavy (non-hydrogen) atoms. The predicted molar refractivity (Wildman–Crippen MR) is 212 cm³/mol. The molecular formula is C46H39N8Y49-. The van der Waals surface area contributed by atoms with Gasteiger partial charge in [0.2, 0.25) is 0 Å². The van der Waals surface area contributed by atoms with E-state index >= 15 is 0 Å². The van der Waals surface area contributed by atoms with Crippen LogP contribution in [0.3, 0.4) is 0 Å². The Labute approximate surface area is 1850 Å². The Morgan fingerprint density at radius 3 is 0.757 bits per heavy atom. The third-order valence-electron chi connectivity index (χ3n) is 14.4. The Bertz CT molecular complexity index is 3430. The van der Waals surface area contributed by atoms with Gasteiger partial charge < -0.3 is 4.57 Å². The topological polar surface area (TPSA) is 65.3 Å². The molecule has 411 valence electrons. The van der Waals surface area contributed by atoms with Crippen LogP contribution in [0.2, 0.25) is 0 Å². The number of aliphatic imine (C=N–C) groups is 2. The maximum absolute atomic E-state index is 5.81. The summed E-state index contributed by atoms with van der Waals surface area (Å²) in [4.78, 5) is 22.9. The maximum Gasteiger partial charge on any atom is 0.376 e. The van der Waals surface area contributed by atoms with E-state index in [1.165, 1.54) is 55.6 Å². The SMILES string of the molecule is Cc1[c-]c2c3n4c(c2[c-]c1C)=Nc1c2c(C)c(C)c(C)[c-]c2c2n1C41[N+]4=C(N=C5c6c(C)c(C)c(C)c(C)c6C(=[N+]51)N=3)c1c(C)c(C)c(C)c(C)c1C4=N2.[Y].[Y].[Y].[Y].[Y].[Y].[Y].[Y].[Y].[Y].[Y].[Y].[Y].[Y].[Y].[Y].[Y].[Y].[Y].[Y].[Y].[Y].[Y].[Y].[Y].[Y].[Y].[Y].[Y].[Y].[Y].[Y].[Y].[Y].[Y].[Y].[Y].[Y].[Y].[Y].[Y].[Y].[Y].[Y].[Y].[Y].[Y].[Y].[Y]. The summed E-state index contributed by atoms with van der Waals surface area (Å²) in [6.07, 6.45) is 0. The summed E-state index contributed by atoms with van der Waals surface area (Å²) in [5.41, 5.74) is 22.0. The quantitative estimate of drug-likeness (QED) is 0.116. The zero-order chi connectivity index (χ0) is 37.5. The van der Waals surface area contributed by atoms with Crippen LogP contribution in [0.5, 0.6) is 0 Å². The summed E-state index contributed by atoms with van der Waals surface area (Å²) in [5.74, 6) is 4.31. The Hall–Kier alpha value is 48.3. The molecular weight excluding hydrogens is 5020 g/mol. The number of hydrogen-bond acceptors (Lipinski definition) is 4. The van der Waals surface area contributed by atoms with E-state index in [1.54, 1.807) is 0 Å². The van der Waals surface area contributed by atoms with Gasteiger partial charge in [0.25, 0.3) is 23.3 Å². The average molecular weight is 5060 g/mol. The molecule has 12 rings (SSSR count). The van der Waals surface area contributed by atoms with Gasteiger partial charge in [-0.15, -0.1) is 32.7 Å². The second-order valence-electron chi connectivity index (χ2n) is 16.5. The van der Waals surface area contributed by atoms with Crippen molar-refractivity contribution in [1.29, 1.82) is 0 Å². The van der Waals surface area contributed by atoms with Crippen molar-refractivity contribution in [3.8, 4) is 0 Å². The van der Waals surface area contributed by atoms with Crippen molar-refractivity contribution < 1.29 is 1610 Å². The van der Waals surface area contributed by atoms with Crippen LogP contribution in [0.25, 0.3) is 21.5 Å². The van der Waals surface area contributed by atoms with E-state index in [4.69, 9.17) is 20.0 Å². The van der Waals surface area contributed by atoms with Crippen molar-refractivity contribution in [3.63, 3.8) is 0 Å². The number of amidine groups is 4. The molecule has 0 aliphatic carbocycles. The average Bonchev–Trinajstić information content (AvgIpc) is 3.85. The molecule has 57 heteroatoms. The molecule has 6 aliphatic heterocycles. The molecule has 1 unspecified atom stereocenters. The summed E-state index contributed by atoms with van der Waals surface area (Å²) in [6.45, 7) is 28.8. The summed E-state index contributed by atoms with van der Waals surface area (Å²) < 4.78 is 9.62. The molecule has 0 bridgehead atoms. The number of benzene rings is 4. The predicted octanol–water partition coefficient (Wildman–Crippen LogP) is 7.00. The second-order valence-corrected chi connectivity index (χ2v) is 16.5. The molecule has 0 fully saturated rings. The third kappa shape index (κ3) is 59.2. The van der Waals surface area contributed by atoms with Gasteiger partial charge in [0.1, 0.15) is 5.82 Å². The molecule has 8 nitrogen and oxygen atoms in total. The minimum atomic E-state index is -1.07. The molecule has 0 saturated carbocycles. The van der Waals surface area contributed by atoms with Gasteiger partial charge in [-0.1, -0.05) is 50.4 Å². The Kier molecular flexibility index (Phi) is 337. The van der Waals surface area contributed by atoms with Crippen LogP contribution in [-0.4, -0.2) is 41.6 Å². The van der Waals surface area contributed by atoms with E-state index in [0.717, 1.165) is 106 Å². The van der Waals surface area contributed by atoms with Crippen molar-refractivity contribution in [2.45, 2.75) is 95.9 Å². The summed E-state index contributed by atoms with van der Waals surface area (Å²) in [7, 11) is 0. The van der Waals surface area contributed by atoms with Gasteiger partial charge in [0.05, 0.1) is 33.6 Å². The first-order valence-corrected chi connectivity index (χ1v) is 19.0. The van der Waals surface area contributed by atoms with Gasteiger partial charge in [0.15, 0.2) is 0 Å². The fourth-order valence-corrected chi connectivity index (χ4v) is 10.5. The van der Waals surface area contributed by atoms with E-state index in [1.807, 2.05) is 0 Å². The van der Waals surface area contributed by atoms with Gasteiger partial charge in [-0.3, -0.25) is 9.56 Å². The van der Waals surface area contributed by atoms with E-state index in [-0.39, 0.29) is 1600 Å². The normalized spacial score (nSPS) is 9.91. The van der Waals surface area contributed by atoms with E-state index < -0.39 is 5.91 Å². The molecule has 0 amide bonds. The smallest absolute Gasteiger partial charge is 0.308 e. The van der Waals surface area contributed by atoms with Gasteiger partial charge in [-0.2, -0.15) is 19.9 Å². The van der Waals surface area contributed by atoms with Crippen molar-refractivity contribution in [2.75, 3.05) is 0 Å². The Balaban J connectivity index is -0.0000000240. The van der Waals surface area contributed by atoms with Gasteiger partial charge in [-0.25, -0.2) is 23.3 Å². The molecule has 1 spiro atoms. The van der Waals surface area contributed by atoms with Crippen molar-refractivity contribution in [2.24, 2.45) is 20.0 Å². The first-order valence-electron chi connectivity index (χ1n) is 19.0. The summed E-state index contributed by atoms with van der Waals surface area (Å²) in [5, 5.41) is 3.94. The molecule has 0 N–H and O–H groups in total. The standard InChI is InChI=1S/C46H39N8.49Y/c1-17-14-30-31(15-18(17)2)39-48-42-34-26(10)21(5)23(7)28(12)36(34)44-50-45-37-29(13)24(8)22(6)27(11)35(37)43-49-40-32-16-19(3)20(4)25(9)33(32)41-47-38(30)51(39)46(52(40)41,53(42)44)54(43)45;;;;;;;;;;;;;;;;;;;;;;;;;;;;;;;;;;;;;;;;;;;;;;;;;/h1-13H3;;;;;;;;;;;;;;;;;;;;;;;;;;;;;;;;;;;;;;;;;;;;;;;;;/q-1;;;;;;;;;;;;;;;;;;;;;;;;;;;;;;;;;;;;;;;;;;;;;;;;;. The van der Waals surface area contributed by atoms with E-state index in [9.17, 15) is 0 Å². The number of aryl methyl sites for hydroxylation is 4. The number of hydrogen-bond donors (Lipinski definition) is 0. The minimum Gasteiger partial charge on any atom is -0.308 e. The van der Waals surface area contributed by atoms with Crippen LogP contribution in [0.4, 0.5) is 11.6 Å². The van der Waals surface area contributed by atoms with Crippen molar-refractivity contribution in [3.05, 3.63) is 124 Å². The molecule has 8 heterocycles. The van der Waals surface area contributed by atoms with E-state index in [0.29, 0.717) is 0 Å². The molecule has 4 aromatic carbocycles. The minimum absolute atomic E-state index is 0. The van der Waals surface area contributed by atoms with Crippen molar-refractivity contribution in [1.82, 2.24) is 9.13 Å². The Morgan fingerprint density at radius 2 is 0.466 bits per heavy atom. The number of fused-ring (bicyclic) bond motifs is 12. The van der Waals surface area contributed by atoms with Crippen LogP contribution >= 0.6 is 0 Å². The van der Waals surface area contributed by atoms with Gasteiger partial charge in [-0.05, 0) is 99.9 Å².